The highest BCUT2D eigenvalue weighted by Crippen LogP contribution is 2.22. The van der Waals surface area contributed by atoms with Crippen LogP contribution in [-0.4, -0.2) is 25.0 Å². The van der Waals surface area contributed by atoms with Crippen LogP contribution in [0, 0.1) is 13.8 Å². The van der Waals surface area contributed by atoms with Crippen molar-refractivity contribution in [1.29, 1.82) is 0 Å². The van der Waals surface area contributed by atoms with Gasteiger partial charge in [0.1, 0.15) is 12.3 Å². The third kappa shape index (κ3) is 3.37. The van der Waals surface area contributed by atoms with E-state index in [4.69, 9.17) is 4.74 Å². The molecule has 124 valence electrons. The van der Waals surface area contributed by atoms with Crippen LogP contribution in [0.25, 0.3) is 5.69 Å². The first-order valence-corrected chi connectivity index (χ1v) is 7.25. The van der Waals surface area contributed by atoms with Gasteiger partial charge in [-0.15, -0.1) is 5.10 Å². The molecule has 8 heteroatoms. The Kier molecular flexibility index (Phi) is 4.45. The second-order valence-electron chi connectivity index (χ2n) is 5.26. The first kappa shape index (κ1) is 16.0. The zero-order valence-corrected chi connectivity index (χ0v) is 13.1. The van der Waals surface area contributed by atoms with E-state index in [-0.39, 0.29) is 18.2 Å². The number of halogens is 2. The highest BCUT2D eigenvalue weighted by molar-refractivity contribution is 5.37. The van der Waals surface area contributed by atoms with Crippen LogP contribution in [0.1, 0.15) is 28.9 Å². The lowest BCUT2D eigenvalue weighted by Gasteiger charge is -2.06. The Bertz CT molecular complexity index is 833. The van der Waals surface area contributed by atoms with Gasteiger partial charge in [0.15, 0.2) is 0 Å². The Morgan fingerprint density at radius 1 is 1.17 bits per heavy atom. The summed E-state index contributed by atoms with van der Waals surface area (Å²) in [6, 6.07) is 6.27. The monoisotopic (exact) mass is 331 g/mol. The maximum atomic E-state index is 12.8. The average molecular weight is 331 g/mol. The molecule has 2 aromatic heterocycles. The largest absolute Gasteiger partial charge is 0.457 e. The van der Waals surface area contributed by atoms with Crippen molar-refractivity contribution in [2.75, 3.05) is 0 Å². The van der Waals surface area contributed by atoms with E-state index < -0.39 is 6.43 Å². The molecule has 0 aliphatic rings. The van der Waals surface area contributed by atoms with Crippen LogP contribution >= 0.6 is 0 Å². The van der Waals surface area contributed by atoms with Crippen LogP contribution in [0.4, 0.5) is 8.78 Å². The predicted octanol–water partition coefficient (Wildman–Crippen LogP) is 3.19. The van der Waals surface area contributed by atoms with Crippen molar-refractivity contribution < 1.29 is 13.5 Å². The number of ether oxygens (including phenoxy) is 1. The molecule has 0 spiro atoms. The third-order valence-corrected chi connectivity index (χ3v) is 3.45. The molecule has 0 atom stereocenters. The van der Waals surface area contributed by atoms with Crippen LogP contribution in [0.2, 0.25) is 0 Å². The lowest BCUT2D eigenvalue weighted by atomic mass is 10.2. The topological polar surface area (TPSA) is 65.7 Å². The number of nitrogens with zero attached hydrogens (tertiary/aromatic N) is 5. The Labute approximate surface area is 137 Å². The number of benzene rings is 1. The molecule has 0 unspecified atom stereocenters. The molecule has 0 aliphatic heterocycles. The molecule has 0 N–H and O–H groups in total. The highest BCUT2D eigenvalue weighted by Gasteiger charge is 2.13. The summed E-state index contributed by atoms with van der Waals surface area (Å²) in [5.41, 5.74) is 2.68. The molecule has 0 bridgehead atoms. The van der Waals surface area contributed by atoms with Crippen LogP contribution in [0.3, 0.4) is 0 Å². The molecule has 0 aliphatic carbocycles. The molecule has 0 saturated heterocycles. The molecule has 0 saturated carbocycles. The average Bonchev–Trinajstić information content (AvgIpc) is 2.95. The van der Waals surface area contributed by atoms with Gasteiger partial charge in [-0.25, -0.2) is 23.4 Å². The summed E-state index contributed by atoms with van der Waals surface area (Å²) in [5, 5.41) is 8.06. The van der Waals surface area contributed by atoms with Crippen LogP contribution in [0.5, 0.6) is 6.01 Å². The second-order valence-corrected chi connectivity index (χ2v) is 5.26. The minimum absolute atomic E-state index is 0.0618. The summed E-state index contributed by atoms with van der Waals surface area (Å²) in [6.45, 7) is 3.82. The van der Waals surface area contributed by atoms with Crippen molar-refractivity contribution in [2.45, 2.75) is 26.9 Å². The Morgan fingerprint density at radius 3 is 2.62 bits per heavy atom. The van der Waals surface area contributed by atoms with Gasteiger partial charge >= 0.3 is 6.01 Å². The van der Waals surface area contributed by atoms with E-state index in [9.17, 15) is 8.78 Å². The summed E-state index contributed by atoms with van der Waals surface area (Å²) in [4.78, 5) is 8.09. The summed E-state index contributed by atoms with van der Waals surface area (Å²) in [5.74, 6) is 0. The zero-order valence-electron chi connectivity index (χ0n) is 13.1. The van der Waals surface area contributed by atoms with Gasteiger partial charge in [-0.1, -0.05) is 17.3 Å². The van der Waals surface area contributed by atoms with Gasteiger partial charge in [-0.05, 0) is 31.5 Å². The van der Waals surface area contributed by atoms with Crippen molar-refractivity contribution in [2.24, 2.45) is 0 Å². The minimum Gasteiger partial charge on any atom is -0.457 e. The van der Waals surface area contributed by atoms with E-state index in [0.29, 0.717) is 17.1 Å². The third-order valence-electron chi connectivity index (χ3n) is 3.45. The first-order chi connectivity index (χ1) is 11.5. The smallest absolute Gasteiger partial charge is 0.316 e. The number of alkyl halides is 2. The number of hydrogen-bond acceptors (Lipinski definition) is 5. The number of aryl methyl sites for hydroxylation is 1. The molecule has 3 aromatic rings. The molecule has 0 radical (unpaired) electrons. The van der Waals surface area contributed by atoms with Crippen molar-refractivity contribution in [3.63, 3.8) is 0 Å². The van der Waals surface area contributed by atoms with E-state index in [0.717, 1.165) is 5.56 Å². The highest BCUT2D eigenvalue weighted by atomic mass is 19.3. The Hall–Kier alpha value is -2.90. The number of aromatic nitrogens is 5. The Morgan fingerprint density at radius 2 is 1.92 bits per heavy atom. The molecular formula is C16H15F2N5O. The molecule has 1 aromatic carbocycles. The molecule has 2 heterocycles. The van der Waals surface area contributed by atoms with Crippen molar-refractivity contribution in [3.05, 3.63) is 59.2 Å². The lowest BCUT2D eigenvalue weighted by molar-refractivity contribution is 0.151. The van der Waals surface area contributed by atoms with E-state index >= 15 is 0 Å². The first-order valence-electron chi connectivity index (χ1n) is 7.25. The van der Waals surface area contributed by atoms with Gasteiger partial charge in [0.2, 0.25) is 0 Å². The molecular weight excluding hydrogens is 316 g/mol. The van der Waals surface area contributed by atoms with Gasteiger partial charge in [0.25, 0.3) is 6.43 Å². The van der Waals surface area contributed by atoms with Gasteiger partial charge < -0.3 is 4.74 Å². The van der Waals surface area contributed by atoms with Crippen LogP contribution < -0.4 is 4.74 Å². The molecule has 3 rings (SSSR count). The maximum absolute atomic E-state index is 12.8. The van der Waals surface area contributed by atoms with Gasteiger partial charge in [-0.2, -0.15) is 0 Å². The van der Waals surface area contributed by atoms with Crippen LogP contribution in [-0.2, 0) is 6.61 Å². The molecule has 0 fully saturated rings. The van der Waals surface area contributed by atoms with E-state index in [2.05, 4.69) is 20.3 Å². The fourth-order valence-corrected chi connectivity index (χ4v) is 2.12. The quantitative estimate of drug-likeness (QED) is 0.718. The van der Waals surface area contributed by atoms with Crippen molar-refractivity contribution in [3.8, 4) is 11.7 Å². The fraction of sp³-hybridized carbons (Fsp3) is 0.250. The molecule has 24 heavy (non-hydrogen) atoms. The maximum Gasteiger partial charge on any atom is 0.316 e. The normalized spacial score (nSPS) is 11.0. The number of rotatable bonds is 5. The van der Waals surface area contributed by atoms with Crippen molar-refractivity contribution >= 4 is 0 Å². The lowest BCUT2D eigenvalue weighted by Crippen LogP contribution is -2.03. The SMILES string of the molecule is Cc1cnc(OCc2nnn(-c3cccc(C(F)F)c3)c2C)nc1. The molecule has 6 nitrogen and oxygen atoms in total. The molecule has 0 amide bonds. The van der Waals surface area contributed by atoms with Crippen LogP contribution in [0.15, 0.2) is 36.7 Å². The van der Waals surface area contributed by atoms with Crippen molar-refractivity contribution in [1.82, 2.24) is 25.0 Å². The van der Waals surface area contributed by atoms with E-state index in [1.54, 1.807) is 31.5 Å². The fourth-order valence-electron chi connectivity index (χ4n) is 2.12. The van der Waals surface area contributed by atoms with Gasteiger partial charge in [0, 0.05) is 18.0 Å². The second kappa shape index (κ2) is 6.69. The summed E-state index contributed by atoms with van der Waals surface area (Å²) < 4.78 is 32.6. The van der Waals surface area contributed by atoms with E-state index in [1.807, 2.05) is 6.92 Å². The zero-order chi connectivity index (χ0) is 17.1. The predicted molar refractivity (Wildman–Crippen MR) is 82.2 cm³/mol. The standard InChI is InChI=1S/C16H15F2N5O/c1-10-7-19-16(20-8-10)24-9-14-11(2)23(22-21-14)13-5-3-4-12(6-13)15(17)18/h3-8,15H,9H2,1-2H3. The van der Waals surface area contributed by atoms with E-state index in [1.165, 1.54) is 16.8 Å². The summed E-state index contributed by atoms with van der Waals surface area (Å²) in [7, 11) is 0. The minimum atomic E-state index is -2.53. The van der Waals surface area contributed by atoms with Gasteiger partial charge in [-0.3, -0.25) is 0 Å². The Balaban J connectivity index is 1.78. The number of hydrogen-bond donors (Lipinski definition) is 0. The summed E-state index contributed by atoms with van der Waals surface area (Å²) >= 11 is 0. The summed E-state index contributed by atoms with van der Waals surface area (Å²) in [6.07, 6.45) is 0.777. The van der Waals surface area contributed by atoms with Gasteiger partial charge in [0.05, 0.1) is 11.4 Å².